The lowest BCUT2D eigenvalue weighted by Gasteiger charge is -2.13. The zero-order valence-electron chi connectivity index (χ0n) is 11.2. The van der Waals surface area contributed by atoms with E-state index in [4.69, 9.17) is 0 Å². The van der Waals surface area contributed by atoms with Crippen LogP contribution in [0.15, 0.2) is 42.6 Å². The van der Waals surface area contributed by atoms with Crippen LogP contribution in [-0.4, -0.2) is 10.1 Å². The quantitative estimate of drug-likeness (QED) is 0.911. The van der Waals surface area contributed by atoms with Crippen molar-refractivity contribution < 1.29 is 9.50 Å². The number of aromatic nitrogens is 1. The molecule has 0 saturated carbocycles. The molecule has 0 aliphatic rings. The fourth-order valence-electron chi connectivity index (χ4n) is 2.12. The number of hydrogen-bond acceptors (Lipinski definition) is 2. The molecule has 2 rings (SSSR count). The normalized spacial score (nSPS) is 12.7. The van der Waals surface area contributed by atoms with Gasteiger partial charge in [-0.15, -0.1) is 0 Å². The summed E-state index contributed by atoms with van der Waals surface area (Å²) >= 11 is 0. The first-order valence-corrected chi connectivity index (χ1v) is 6.45. The molecule has 0 radical (unpaired) electrons. The molecule has 0 aliphatic carbocycles. The van der Waals surface area contributed by atoms with Gasteiger partial charge in [0.05, 0.1) is 0 Å². The molecule has 0 fully saturated rings. The molecule has 0 bridgehead atoms. The zero-order chi connectivity index (χ0) is 13.8. The Morgan fingerprint density at radius 1 is 1.21 bits per heavy atom. The van der Waals surface area contributed by atoms with Crippen LogP contribution in [0.1, 0.15) is 36.8 Å². The van der Waals surface area contributed by atoms with Gasteiger partial charge < -0.3 is 5.11 Å². The Hall–Kier alpha value is -1.74. The molecule has 0 aliphatic heterocycles. The van der Waals surface area contributed by atoms with Crippen LogP contribution in [0.2, 0.25) is 0 Å². The summed E-state index contributed by atoms with van der Waals surface area (Å²) in [7, 11) is 0. The van der Waals surface area contributed by atoms with Crippen LogP contribution in [-0.2, 0) is 6.42 Å². The Balaban J connectivity index is 2.29. The van der Waals surface area contributed by atoms with Gasteiger partial charge in [0, 0.05) is 6.20 Å². The van der Waals surface area contributed by atoms with Crippen LogP contribution in [0.3, 0.4) is 0 Å². The lowest BCUT2D eigenvalue weighted by atomic mass is 9.98. The fourth-order valence-corrected chi connectivity index (χ4v) is 2.12. The predicted molar refractivity (Wildman–Crippen MR) is 73.2 cm³/mol. The van der Waals surface area contributed by atoms with Crippen molar-refractivity contribution in [1.82, 2.24) is 4.98 Å². The molecule has 1 heterocycles. The molecule has 1 aromatic carbocycles. The first-order valence-electron chi connectivity index (χ1n) is 6.45. The maximum absolute atomic E-state index is 13.6. The Bertz CT molecular complexity index is 554. The third-order valence-electron chi connectivity index (χ3n) is 2.96. The van der Waals surface area contributed by atoms with E-state index in [1.165, 1.54) is 18.3 Å². The molecule has 0 spiro atoms. The summed E-state index contributed by atoms with van der Waals surface area (Å²) < 4.78 is 13.6. The number of hydrogen-bond donors (Lipinski definition) is 1. The summed E-state index contributed by atoms with van der Waals surface area (Å²) in [6.45, 7) is 4.28. The van der Waals surface area contributed by atoms with Gasteiger partial charge in [0.1, 0.15) is 17.6 Å². The van der Waals surface area contributed by atoms with Crippen molar-refractivity contribution in [2.45, 2.75) is 26.4 Å². The van der Waals surface area contributed by atoms with Crippen molar-refractivity contribution in [3.63, 3.8) is 0 Å². The molecule has 2 aromatic rings. The van der Waals surface area contributed by atoms with Gasteiger partial charge in [-0.3, -0.25) is 4.98 Å². The Kier molecular flexibility index (Phi) is 4.27. The third-order valence-corrected chi connectivity index (χ3v) is 2.96. The van der Waals surface area contributed by atoms with Crippen LogP contribution in [0.4, 0.5) is 4.39 Å². The van der Waals surface area contributed by atoms with E-state index in [9.17, 15) is 9.50 Å². The maximum atomic E-state index is 13.6. The van der Waals surface area contributed by atoms with E-state index in [-0.39, 0.29) is 5.69 Å². The Labute approximate surface area is 112 Å². The second-order valence-electron chi connectivity index (χ2n) is 5.12. The monoisotopic (exact) mass is 259 g/mol. The van der Waals surface area contributed by atoms with Gasteiger partial charge in [-0.1, -0.05) is 38.1 Å². The highest BCUT2D eigenvalue weighted by Crippen LogP contribution is 2.23. The van der Waals surface area contributed by atoms with Crippen molar-refractivity contribution in [1.29, 1.82) is 0 Å². The van der Waals surface area contributed by atoms with Crippen molar-refractivity contribution in [2.75, 3.05) is 0 Å². The number of aliphatic hydroxyl groups is 1. The van der Waals surface area contributed by atoms with Gasteiger partial charge in [0.2, 0.25) is 0 Å². The van der Waals surface area contributed by atoms with E-state index in [2.05, 4.69) is 18.8 Å². The van der Waals surface area contributed by atoms with Crippen molar-refractivity contribution in [3.8, 4) is 0 Å². The lowest BCUT2D eigenvalue weighted by molar-refractivity contribution is 0.209. The SMILES string of the molecule is CC(C)Cc1cccc(C(O)c2ncccc2F)c1. The summed E-state index contributed by atoms with van der Waals surface area (Å²) in [5.74, 6) is 0.0586. The summed E-state index contributed by atoms with van der Waals surface area (Å²) in [5, 5.41) is 10.2. The standard InChI is InChI=1S/C16H18FNO/c1-11(2)9-12-5-3-6-13(10-12)16(19)15-14(17)7-4-8-18-15/h3-8,10-11,16,19H,9H2,1-2H3. The molecule has 1 aromatic heterocycles. The summed E-state index contributed by atoms with van der Waals surface area (Å²) in [5.41, 5.74) is 1.89. The molecule has 1 unspecified atom stereocenters. The second kappa shape index (κ2) is 5.93. The molecule has 19 heavy (non-hydrogen) atoms. The minimum absolute atomic E-state index is 0.0733. The van der Waals surface area contributed by atoms with Gasteiger partial charge in [-0.25, -0.2) is 4.39 Å². The van der Waals surface area contributed by atoms with Crippen LogP contribution in [0.5, 0.6) is 0 Å². The molecule has 100 valence electrons. The summed E-state index contributed by atoms with van der Waals surface area (Å²) in [6, 6.07) is 10.4. The number of benzene rings is 1. The third kappa shape index (κ3) is 3.38. The van der Waals surface area contributed by atoms with Gasteiger partial charge in [0.25, 0.3) is 0 Å². The summed E-state index contributed by atoms with van der Waals surface area (Å²) in [4.78, 5) is 3.92. The fraction of sp³-hybridized carbons (Fsp3) is 0.312. The molecular formula is C16H18FNO. The Morgan fingerprint density at radius 2 is 2.00 bits per heavy atom. The van der Waals surface area contributed by atoms with Gasteiger partial charge in [0.15, 0.2) is 0 Å². The highest BCUT2D eigenvalue weighted by molar-refractivity contribution is 5.30. The maximum Gasteiger partial charge on any atom is 0.147 e. The first-order chi connectivity index (χ1) is 9.08. The van der Waals surface area contributed by atoms with E-state index in [0.717, 1.165) is 12.0 Å². The number of halogens is 1. The van der Waals surface area contributed by atoms with Crippen LogP contribution in [0.25, 0.3) is 0 Å². The van der Waals surface area contributed by atoms with E-state index in [0.29, 0.717) is 11.5 Å². The molecule has 0 amide bonds. The van der Waals surface area contributed by atoms with E-state index in [1.807, 2.05) is 18.2 Å². The van der Waals surface area contributed by atoms with Gasteiger partial charge >= 0.3 is 0 Å². The minimum Gasteiger partial charge on any atom is -0.382 e. The van der Waals surface area contributed by atoms with Crippen LogP contribution < -0.4 is 0 Å². The molecule has 1 N–H and O–H groups in total. The van der Waals surface area contributed by atoms with Crippen LogP contribution >= 0.6 is 0 Å². The number of aliphatic hydroxyl groups excluding tert-OH is 1. The van der Waals surface area contributed by atoms with Gasteiger partial charge in [-0.05, 0) is 35.6 Å². The Morgan fingerprint density at radius 3 is 2.68 bits per heavy atom. The zero-order valence-corrected chi connectivity index (χ0v) is 11.2. The number of rotatable bonds is 4. The molecule has 3 heteroatoms. The average Bonchev–Trinajstić information content (AvgIpc) is 2.38. The molecule has 1 atom stereocenters. The van der Waals surface area contributed by atoms with Crippen molar-refractivity contribution in [2.24, 2.45) is 5.92 Å². The van der Waals surface area contributed by atoms with E-state index in [1.54, 1.807) is 6.07 Å². The minimum atomic E-state index is -1.02. The largest absolute Gasteiger partial charge is 0.382 e. The smallest absolute Gasteiger partial charge is 0.147 e. The van der Waals surface area contributed by atoms with Crippen LogP contribution in [0, 0.1) is 11.7 Å². The van der Waals surface area contributed by atoms with Gasteiger partial charge in [-0.2, -0.15) is 0 Å². The highest BCUT2D eigenvalue weighted by atomic mass is 19.1. The molecule has 2 nitrogen and oxygen atoms in total. The average molecular weight is 259 g/mol. The van der Waals surface area contributed by atoms with E-state index >= 15 is 0 Å². The number of nitrogens with zero attached hydrogens (tertiary/aromatic N) is 1. The highest BCUT2D eigenvalue weighted by Gasteiger charge is 2.16. The second-order valence-corrected chi connectivity index (χ2v) is 5.12. The molecular weight excluding hydrogens is 241 g/mol. The predicted octanol–water partition coefficient (Wildman–Crippen LogP) is 3.50. The first kappa shape index (κ1) is 13.7. The van der Waals surface area contributed by atoms with E-state index < -0.39 is 11.9 Å². The lowest BCUT2D eigenvalue weighted by Crippen LogP contribution is -2.06. The molecule has 0 saturated heterocycles. The number of pyridine rings is 1. The van der Waals surface area contributed by atoms with Crippen molar-refractivity contribution >= 4 is 0 Å². The summed E-state index contributed by atoms with van der Waals surface area (Å²) in [6.07, 6.45) is 1.40. The topological polar surface area (TPSA) is 33.1 Å². The van der Waals surface area contributed by atoms with Crippen molar-refractivity contribution in [3.05, 3.63) is 65.2 Å².